The molecule has 3 aromatic rings. The first-order valence-electron chi connectivity index (χ1n) is 15.9. The molecular formula is C34H36F3N7O6. The molecule has 2 aliphatic rings. The number of anilines is 2. The highest BCUT2D eigenvalue weighted by Gasteiger charge is 2.45. The van der Waals surface area contributed by atoms with Crippen LogP contribution in [0.25, 0.3) is 0 Å². The molecule has 0 spiro atoms. The van der Waals surface area contributed by atoms with Crippen LogP contribution in [0.1, 0.15) is 47.7 Å². The maximum absolute atomic E-state index is 14.5. The number of urea groups is 1. The molecule has 2 atom stereocenters. The van der Waals surface area contributed by atoms with Crippen LogP contribution in [0, 0.1) is 6.92 Å². The van der Waals surface area contributed by atoms with E-state index in [2.05, 4.69) is 26.3 Å². The van der Waals surface area contributed by atoms with Gasteiger partial charge in [-0.3, -0.25) is 29.5 Å². The summed E-state index contributed by atoms with van der Waals surface area (Å²) in [5.74, 6) is -2.09. The number of carbonyl (C=O) groups is 5. The maximum Gasteiger partial charge on any atom is 0.416 e. The molecule has 0 aliphatic carbocycles. The topological polar surface area (TPSA) is 162 Å². The minimum atomic E-state index is -4.57. The lowest BCUT2D eigenvalue weighted by atomic mass is 9.94. The Morgan fingerprint density at radius 1 is 1.04 bits per heavy atom. The Morgan fingerprint density at radius 3 is 2.44 bits per heavy atom. The van der Waals surface area contributed by atoms with E-state index in [1.54, 1.807) is 43.5 Å². The monoisotopic (exact) mass is 695 g/mol. The van der Waals surface area contributed by atoms with Crippen molar-refractivity contribution in [1.29, 1.82) is 0 Å². The molecule has 4 N–H and O–H groups in total. The van der Waals surface area contributed by atoms with Crippen molar-refractivity contribution in [2.45, 2.75) is 50.9 Å². The number of pyridine rings is 1. The summed E-state index contributed by atoms with van der Waals surface area (Å²) in [6.45, 7) is 3.91. The molecule has 2 unspecified atom stereocenters. The molecule has 2 aliphatic heterocycles. The first-order valence-corrected chi connectivity index (χ1v) is 15.9. The van der Waals surface area contributed by atoms with Crippen LogP contribution in [0.4, 0.5) is 29.3 Å². The highest BCUT2D eigenvalue weighted by atomic mass is 19.4. The molecular weight excluding hydrogens is 659 g/mol. The van der Waals surface area contributed by atoms with Crippen molar-refractivity contribution in [1.82, 2.24) is 25.8 Å². The van der Waals surface area contributed by atoms with Crippen LogP contribution in [0.15, 0.2) is 67.0 Å². The highest BCUT2D eigenvalue weighted by molar-refractivity contribution is 6.07. The van der Waals surface area contributed by atoms with E-state index in [1.807, 2.05) is 11.8 Å². The van der Waals surface area contributed by atoms with Crippen LogP contribution in [0.5, 0.6) is 5.75 Å². The Labute approximate surface area is 285 Å². The number of benzene rings is 2. The number of nitrogens with zero attached hydrogens (tertiary/aromatic N) is 3. The van der Waals surface area contributed by atoms with Gasteiger partial charge < -0.3 is 30.5 Å². The Morgan fingerprint density at radius 2 is 1.78 bits per heavy atom. The van der Waals surface area contributed by atoms with Gasteiger partial charge in [0.15, 0.2) is 0 Å². The molecule has 50 heavy (non-hydrogen) atoms. The predicted molar refractivity (Wildman–Crippen MR) is 175 cm³/mol. The average molecular weight is 696 g/mol. The molecule has 3 heterocycles. The van der Waals surface area contributed by atoms with Gasteiger partial charge in [-0.1, -0.05) is 25.5 Å². The van der Waals surface area contributed by atoms with Crippen molar-refractivity contribution in [3.05, 3.63) is 83.7 Å². The summed E-state index contributed by atoms with van der Waals surface area (Å²) in [5, 5.41) is 10.0. The highest BCUT2D eigenvalue weighted by Crippen LogP contribution is 2.34. The molecule has 0 radical (unpaired) electrons. The lowest BCUT2D eigenvalue weighted by Crippen LogP contribution is -2.58. The molecule has 5 rings (SSSR count). The second kappa shape index (κ2) is 14.8. The third-order valence-electron chi connectivity index (χ3n) is 8.39. The second-order valence-corrected chi connectivity index (χ2v) is 12.0. The van der Waals surface area contributed by atoms with Crippen molar-refractivity contribution in [2.75, 3.05) is 36.5 Å². The number of imide groups is 1. The minimum Gasteiger partial charge on any atom is -0.476 e. The zero-order valence-corrected chi connectivity index (χ0v) is 27.3. The van der Waals surface area contributed by atoms with E-state index >= 15 is 0 Å². The fourth-order valence-corrected chi connectivity index (χ4v) is 5.85. The summed E-state index contributed by atoms with van der Waals surface area (Å²) in [6.07, 6.45) is -1.37. The van der Waals surface area contributed by atoms with E-state index in [4.69, 9.17) is 4.74 Å². The number of aryl methyl sites for hydroxylation is 1. The summed E-state index contributed by atoms with van der Waals surface area (Å²) in [6, 6.07) is 10.9. The zero-order chi connectivity index (χ0) is 36.1. The maximum atomic E-state index is 14.5. The first kappa shape index (κ1) is 35.6. The predicted octanol–water partition coefficient (Wildman–Crippen LogP) is 3.60. The number of aromatic nitrogens is 1. The number of alkyl halides is 3. The van der Waals surface area contributed by atoms with Gasteiger partial charge in [0.1, 0.15) is 11.8 Å². The van der Waals surface area contributed by atoms with Crippen LogP contribution in [0.3, 0.4) is 0 Å². The normalized spacial score (nSPS) is 17.1. The average Bonchev–Trinajstić information content (AvgIpc) is 3.69. The van der Waals surface area contributed by atoms with Crippen molar-refractivity contribution < 1.29 is 41.9 Å². The van der Waals surface area contributed by atoms with Crippen LogP contribution in [0.2, 0.25) is 0 Å². The minimum absolute atomic E-state index is 0.0165. The number of halogens is 3. The lowest BCUT2D eigenvalue weighted by molar-refractivity contribution is -0.147. The van der Waals surface area contributed by atoms with Crippen molar-refractivity contribution in [3.63, 3.8) is 0 Å². The van der Waals surface area contributed by atoms with Gasteiger partial charge in [-0.05, 0) is 61.4 Å². The smallest absolute Gasteiger partial charge is 0.416 e. The van der Waals surface area contributed by atoms with Crippen molar-refractivity contribution in [2.24, 2.45) is 0 Å². The second-order valence-electron chi connectivity index (χ2n) is 12.0. The number of amides is 6. The fraction of sp³-hybridized carbons (Fsp3) is 0.353. The molecule has 1 aromatic heterocycles. The van der Waals surface area contributed by atoms with Crippen LogP contribution in [-0.2, 0) is 20.6 Å². The fourth-order valence-electron chi connectivity index (χ4n) is 5.85. The van der Waals surface area contributed by atoms with Crippen molar-refractivity contribution in [3.8, 4) is 5.75 Å². The van der Waals surface area contributed by atoms with Crippen LogP contribution < -0.4 is 30.9 Å². The first-order chi connectivity index (χ1) is 23.8. The van der Waals surface area contributed by atoms with E-state index < -0.39 is 53.0 Å². The van der Waals surface area contributed by atoms with Crippen LogP contribution >= 0.6 is 0 Å². The number of hydrogen-bond acceptors (Lipinski definition) is 8. The van der Waals surface area contributed by atoms with Crippen LogP contribution in [-0.4, -0.2) is 77.5 Å². The summed E-state index contributed by atoms with van der Waals surface area (Å²) in [7, 11) is 0. The van der Waals surface area contributed by atoms with Gasteiger partial charge in [0.05, 0.1) is 42.1 Å². The SMILES string of the molecule is CCCC(CNC(=O)c1cnccc1C)(Oc1ccc(C(F)(F)F)cc1)C(=O)N1CCN(c2ccccc2NC(=O)CC2NC(=O)NC2=O)C1. The molecule has 6 amide bonds. The largest absolute Gasteiger partial charge is 0.476 e. The molecule has 264 valence electrons. The van der Waals surface area contributed by atoms with E-state index in [9.17, 15) is 37.1 Å². The van der Waals surface area contributed by atoms with Gasteiger partial charge in [-0.2, -0.15) is 13.2 Å². The van der Waals surface area contributed by atoms with E-state index in [0.717, 1.165) is 24.3 Å². The summed E-state index contributed by atoms with van der Waals surface area (Å²) in [4.78, 5) is 71.3. The number of carbonyl (C=O) groups excluding carboxylic acids is 5. The molecule has 2 aromatic carbocycles. The third-order valence-corrected chi connectivity index (χ3v) is 8.39. The Balaban J connectivity index is 1.37. The molecule has 0 bridgehead atoms. The molecule has 2 saturated heterocycles. The number of rotatable bonds is 12. The molecule has 16 heteroatoms. The summed E-state index contributed by atoms with van der Waals surface area (Å²) in [5.41, 5.74) is -0.629. The molecule has 2 fully saturated rings. The summed E-state index contributed by atoms with van der Waals surface area (Å²) < 4.78 is 46.2. The van der Waals surface area contributed by atoms with Gasteiger partial charge in [-0.25, -0.2) is 4.79 Å². The molecule has 0 saturated carbocycles. The van der Waals surface area contributed by atoms with Gasteiger partial charge in [0, 0.05) is 25.5 Å². The zero-order valence-electron chi connectivity index (χ0n) is 27.3. The number of hydrogen-bond donors (Lipinski definition) is 4. The van der Waals surface area contributed by atoms with Gasteiger partial charge >= 0.3 is 12.2 Å². The number of para-hydroxylation sites is 2. The van der Waals surface area contributed by atoms with Crippen molar-refractivity contribution >= 4 is 41.0 Å². The van der Waals surface area contributed by atoms with E-state index in [1.165, 1.54) is 11.1 Å². The number of nitrogens with one attached hydrogen (secondary N) is 4. The van der Waals surface area contributed by atoms with E-state index in [0.29, 0.717) is 35.5 Å². The lowest BCUT2D eigenvalue weighted by Gasteiger charge is -2.36. The Bertz CT molecular complexity index is 1770. The quantitative estimate of drug-likeness (QED) is 0.209. The molecule has 13 nitrogen and oxygen atoms in total. The van der Waals surface area contributed by atoms with Gasteiger partial charge in [-0.15, -0.1) is 0 Å². The standard InChI is InChI=1S/C34H36F3N7O6/c1-3-13-33(19-39-29(46)24-18-38-14-12-21(24)2,50-23-10-8-22(9-11-23)34(35,36)37)31(48)44-16-15-43(20-44)27-7-5-4-6-25(27)40-28(45)17-26-30(47)42-32(49)41-26/h4-12,14,18,26H,3,13,15-17,19-20H2,1-2H3,(H,39,46)(H,40,45)(H2,41,42,47,49). The van der Waals surface area contributed by atoms with Gasteiger partial charge in [0.2, 0.25) is 11.5 Å². The van der Waals surface area contributed by atoms with E-state index in [-0.39, 0.29) is 38.3 Å². The Hall–Kier alpha value is -5.67. The Kier molecular flexibility index (Phi) is 10.6. The number of ether oxygens (including phenoxy) is 1. The third kappa shape index (κ3) is 8.13. The van der Waals surface area contributed by atoms with Gasteiger partial charge in [0.25, 0.3) is 17.7 Å². The summed E-state index contributed by atoms with van der Waals surface area (Å²) >= 11 is 0.